The summed E-state index contributed by atoms with van der Waals surface area (Å²) in [6.45, 7) is 5.71. The van der Waals surface area contributed by atoms with Crippen LogP contribution >= 0.6 is 11.6 Å². The molecule has 0 bridgehead atoms. The molecule has 0 aliphatic heterocycles. The van der Waals surface area contributed by atoms with Gasteiger partial charge in [-0.3, -0.25) is 4.79 Å². The van der Waals surface area contributed by atoms with Crippen molar-refractivity contribution >= 4 is 39.3 Å². The van der Waals surface area contributed by atoms with E-state index in [0.29, 0.717) is 44.0 Å². The highest BCUT2D eigenvalue weighted by Gasteiger charge is 2.19. The lowest BCUT2D eigenvalue weighted by Gasteiger charge is -2.18. The molecule has 0 unspecified atom stereocenters. The number of H-pyrrole nitrogens is 2. The average Bonchev–Trinajstić information content (AvgIpc) is 3.16. The highest BCUT2D eigenvalue weighted by atomic mass is 35.5. The second-order valence-electron chi connectivity index (χ2n) is 8.19. The van der Waals surface area contributed by atoms with E-state index < -0.39 is 0 Å². The smallest absolute Gasteiger partial charge is 0.323 e. The molecule has 0 aliphatic carbocycles. The van der Waals surface area contributed by atoms with Crippen LogP contribution in [0.25, 0.3) is 33.3 Å². The molecule has 8 heteroatoms. The Morgan fingerprint density at radius 2 is 1.82 bits per heavy atom. The van der Waals surface area contributed by atoms with Gasteiger partial charge >= 0.3 is 5.69 Å². The second-order valence-corrected chi connectivity index (χ2v) is 8.58. The first kappa shape index (κ1) is 21.0. The van der Waals surface area contributed by atoms with Gasteiger partial charge in [0.1, 0.15) is 16.5 Å². The van der Waals surface area contributed by atoms with Crippen molar-refractivity contribution in [2.75, 3.05) is 5.32 Å². The number of hydrogen-bond donors (Lipinski definition) is 3. The summed E-state index contributed by atoms with van der Waals surface area (Å²) in [6.07, 6.45) is 1.66. The number of aryl methyl sites for hydroxylation is 1. The third kappa shape index (κ3) is 3.81. The number of halogens is 1. The van der Waals surface area contributed by atoms with E-state index in [1.54, 1.807) is 31.3 Å². The molecule has 33 heavy (non-hydrogen) atoms. The van der Waals surface area contributed by atoms with Crippen LogP contribution < -0.4 is 16.4 Å². The first-order valence-corrected chi connectivity index (χ1v) is 10.9. The van der Waals surface area contributed by atoms with E-state index in [9.17, 15) is 9.59 Å². The fourth-order valence-electron chi connectivity index (χ4n) is 4.13. The fraction of sp³-hybridized carbons (Fsp3) is 0.160. The molecule has 0 saturated heterocycles. The first-order valence-electron chi connectivity index (χ1n) is 10.5. The Labute approximate surface area is 193 Å². The van der Waals surface area contributed by atoms with Crippen LogP contribution in [0, 0.1) is 13.8 Å². The lowest BCUT2D eigenvalue weighted by atomic mass is 9.98. The first-order chi connectivity index (χ1) is 15.8. The number of benzene rings is 2. The van der Waals surface area contributed by atoms with E-state index in [1.165, 1.54) is 0 Å². The molecule has 0 fully saturated rings. The quantitative estimate of drug-likeness (QED) is 0.308. The average molecular weight is 461 g/mol. The molecular formula is C25H21ClN4O3. The van der Waals surface area contributed by atoms with E-state index in [4.69, 9.17) is 16.0 Å². The van der Waals surface area contributed by atoms with E-state index in [0.717, 1.165) is 16.8 Å². The minimum atomic E-state index is -0.284. The van der Waals surface area contributed by atoms with Crippen LogP contribution in [-0.4, -0.2) is 15.0 Å². The number of fused-ring (bicyclic) bond motifs is 2. The van der Waals surface area contributed by atoms with Crippen molar-refractivity contribution in [3.8, 4) is 11.3 Å². The lowest BCUT2D eigenvalue weighted by Crippen LogP contribution is -2.12. The minimum Gasteiger partial charge on any atom is -0.455 e. The number of nitrogens with one attached hydrogen (secondary N) is 3. The number of rotatable bonds is 4. The number of nitrogens with zero attached hydrogens (tertiary/aromatic N) is 1. The summed E-state index contributed by atoms with van der Waals surface area (Å²) < 4.78 is 6.40. The zero-order valence-corrected chi connectivity index (χ0v) is 19.0. The molecule has 0 spiro atoms. The molecule has 0 radical (unpaired) electrons. The molecule has 3 aromatic heterocycles. The van der Waals surface area contributed by atoms with Crippen molar-refractivity contribution in [2.45, 2.75) is 26.8 Å². The van der Waals surface area contributed by atoms with Gasteiger partial charge in [0.2, 0.25) is 0 Å². The molecule has 0 aliphatic rings. The Bertz CT molecular complexity index is 1630. The van der Waals surface area contributed by atoms with Crippen LogP contribution in [0.2, 0.25) is 5.15 Å². The van der Waals surface area contributed by atoms with Gasteiger partial charge in [-0.15, -0.1) is 0 Å². The monoisotopic (exact) mass is 460 g/mol. The Morgan fingerprint density at radius 3 is 2.58 bits per heavy atom. The van der Waals surface area contributed by atoms with E-state index in [-0.39, 0.29) is 17.2 Å². The van der Waals surface area contributed by atoms with Gasteiger partial charge in [-0.1, -0.05) is 17.7 Å². The third-order valence-corrected chi connectivity index (χ3v) is 5.97. The van der Waals surface area contributed by atoms with Crippen molar-refractivity contribution < 1.29 is 4.42 Å². The summed E-state index contributed by atoms with van der Waals surface area (Å²) in [6, 6.07) is 12.7. The lowest BCUT2D eigenvalue weighted by molar-refractivity contribution is 0.605. The Balaban J connectivity index is 1.68. The molecule has 0 amide bonds. The normalized spacial score (nSPS) is 12.4. The van der Waals surface area contributed by atoms with E-state index >= 15 is 0 Å². The topological polar surface area (TPSA) is 104 Å². The molecule has 0 saturated carbocycles. The van der Waals surface area contributed by atoms with Crippen molar-refractivity contribution in [2.24, 2.45) is 0 Å². The highest BCUT2D eigenvalue weighted by Crippen LogP contribution is 2.32. The van der Waals surface area contributed by atoms with Crippen molar-refractivity contribution in [3.05, 3.63) is 91.2 Å². The zero-order chi connectivity index (χ0) is 23.3. The molecule has 5 rings (SSSR count). The standard InChI is InChI=1S/C25H21ClN4O3/c1-12-8-17(14(3)28-16-5-7-21(26)27-11-16)24-18(9-12)22(31)13(2)23(33-24)15-4-6-19-20(10-15)30-25(32)29-19/h4-11,14,28H,1-3H3,(H2,29,30,32)/t14-/m1/s1. The molecular weight excluding hydrogens is 440 g/mol. The maximum atomic E-state index is 13.3. The molecule has 1 atom stereocenters. The maximum Gasteiger partial charge on any atom is 0.323 e. The van der Waals surface area contributed by atoms with Gasteiger partial charge in [0.15, 0.2) is 5.43 Å². The third-order valence-electron chi connectivity index (χ3n) is 5.75. The summed E-state index contributed by atoms with van der Waals surface area (Å²) in [5, 5.41) is 4.35. The van der Waals surface area contributed by atoms with Gasteiger partial charge < -0.3 is 19.7 Å². The minimum absolute atomic E-state index is 0.0841. The summed E-state index contributed by atoms with van der Waals surface area (Å²) in [5.41, 5.74) is 5.34. The van der Waals surface area contributed by atoms with Crippen LogP contribution in [0.3, 0.4) is 0 Å². The molecule has 166 valence electrons. The van der Waals surface area contributed by atoms with Crippen molar-refractivity contribution in [3.63, 3.8) is 0 Å². The van der Waals surface area contributed by atoms with Gasteiger partial charge in [0, 0.05) is 16.7 Å². The Hall–Kier alpha value is -3.84. The number of hydrogen-bond acceptors (Lipinski definition) is 5. The Morgan fingerprint density at radius 1 is 1.03 bits per heavy atom. The number of aromatic nitrogens is 3. The Kier molecular flexibility index (Phi) is 5.06. The summed E-state index contributed by atoms with van der Waals surface area (Å²) in [5.74, 6) is 0.474. The maximum absolute atomic E-state index is 13.3. The molecule has 7 nitrogen and oxygen atoms in total. The van der Waals surface area contributed by atoms with Gasteiger partial charge in [0.25, 0.3) is 0 Å². The summed E-state index contributed by atoms with van der Waals surface area (Å²) >= 11 is 5.90. The fourth-order valence-corrected chi connectivity index (χ4v) is 4.24. The van der Waals surface area contributed by atoms with Crippen molar-refractivity contribution in [1.82, 2.24) is 15.0 Å². The number of imidazole rings is 1. The predicted molar refractivity (Wildman–Crippen MR) is 131 cm³/mol. The van der Waals surface area contributed by atoms with Crippen LogP contribution in [0.4, 0.5) is 5.69 Å². The SMILES string of the molecule is Cc1cc([C@@H](C)Nc2ccc(Cl)nc2)c2oc(-c3ccc4[nH]c(=O)[nH]c4c3)c(C)c(=O)c2c1. The van der Waals surface area contributed by atoms with E-state index in [2.05, 4.69) is 20.3 Å². The van der Waals surface area contributed by atoms with Gasteiger partial charge in [-0.25, -0.2) is 9.78 Å². The van der Waals surface area contributed by atoms with E-state index in [1.807, 2.05) is 38.1 Å². The predicted octanol–water partition coefficient (Wildman–Crippen LogP) is 5.47. The molecule has 5 aromatic rings. The number of anilines is 1. The number of aromatic amines is 2. The highest BCUT2D eigenvalue weighted by molar-refractivity contribution is 6.29. The zero-order valence-electron chi connectivity index (χ0n) is 18.2. The van der Waals surface area contributed by atoms with Gasteiger partial charge in [-0.2, -0.15) is 0 Å². The van der Waals surface area contributed by atoms with Crippen LogP contribution in [0.15, 0.2) is 62.7 Å². The van der Waals surface area contributed by atoms with Crippen molar-refractivity contribution in [1.29, 1.82) is 0 Å². The molecule has 3 N–H and O–H groups in total. The molecule has 2 aromatic carbocycles. The van der Waals surface area contributed by atoms with Gasteiger partial charge in [0.05, 0.1) is 34.3 Å². The molecule has 3 heterocycles. The second kappa shape index (κ2) is 7.94. The van der Waals surface area contributed by atoms with Crippen LogP contribution in [0.5, 0.6) is 0 Å². The largest absolute Gasteiger partial charge is 0.455 e. The van der Waals surface area contributed by atoms with Gasteiger partial charge in [-0.05, 0) is 62.7 Å². The van der Waals surface area contributed by atoms with Crippen LogP contribution in [0.1, 0.15) is 29.7 Å². The summed E-state index contributed by atoms with van der Waals surface area (Å²) in [4.78, 5) is 34.6. The summed E-state index contributed by atoms with van der Waals surface area (Å²) in [7, 11) is 0. The number of pyridine rings is 1. The van der Waals surface area contributed by atoms with Crippen LogP contribution in [-0.2, 0) is 0 Å².